The molecule has 1 aromatic heterocycles. The van der Waals surface area contributed by atoms with Gasteiger partial charge in [-0.1, -0.05) is 30.5 Å². The molecule has 1 aliphatic heterocycles. The molecule has 3 rings (SSSR count). The van der Waals surface area contributed by atoms with Crippen molar-refractivity contribution in [3.8, 4) is 5.75 Å². The molecule has 1 amide bonds. The van der Waals surface area contributed by atoms with Gasteiger partial charge in [0, 0.05) is 17.0 Å². The number of likely N-dealkylation sites (tertiary alicyclic amines) is 1. The molecule has 2 aromatic rings. The van der Waals surface area contributed by atoms with E-state index in [9.17, 15) is 4.79 Å². The number of amides is 1. The summed E-state index contributed by atoms with van der Waals surface area (Å²) in [5.41, 5.74) is 0.552. The maximum Gasteiger partial charge on any atom is 0.251 e. The average Bonchev–Trinajstić information content (AvgIpc) is 3.04. The number of nitrogens with one attached hydrogen (secondary N) is 1. The zero-order valence-electron chi connectivity index (χ0n) is 15.4. The molecular weight excluding hydrogens is 403 g/mol. The number of hydrogen-bond acceptors (Lipinski definition) is 4. The van der Waals surface area contributed by atoms with Gasteiger partial charge in [0.2, 0.25) is 0 Å². The molecule has 0 radical (unpaired) electrons. The van der Waals surface area contributed by atoms with Crippen LogP contribution in [0.3, 0.4) is 0 Å². The predicted octanol–water partition coefficient (Wildman–Crippen LogP) is 5.18. The van der Waals surface area contributed by atoms with Crippen molar-refractivity contribution in [1.82, 2.24) is 10.2 Å². The summed E-state index contributed by atoms with van der Waals surface area (Å²) in [5, 5.41) is 5.65. The number of carbonyl (C=O) groups excluding carboxylic acids is 1. The number of benzene rings is 1. The van der Waals surface area contributed by atoms with Gasteiger partial charge < -0.3 is 10.1 Å². The smallest absolute Gasteiger partial charge is 0.251 e. The Morgan fingerprint density at radius 1 is 1.26 bits per heavy atom. The fraction of sp³-hybridized carbons (Fsp3) is 0.450. The molecule has 4 nitrogen and oxygen atoms in total. The highest BCUT2D eigenvalue weighted by Gasteiger charge is 2.23. The highest BCUT2D eigenvalue weighted by Crippen LogP contribution is 2.28. The highest BCUT2D eigenvalue weighted by atomic mass is 35.5. The molecule has 27 heavy (non-hydrogen) atoms. The van der Waals surface area contributed by atoms with E-state index in [1.165, 1.54) is 30.6 Å². The van der Waals surface area contributed by atoms with Crippen LogP contribution < -0.4 is 10.1 Å². The molecule has 1 aromatic carbocycles. The van der Waals surface area contributed by atoms with Crippen LogP contribution in [0.5, 0.6) is 5.75 Å². The summed E-state index contributed by atoms with van der Waals surface area (Å²) >= 11 is 7.90. The van der Waals surface area contributed by atoms with Crippen molar-refractivity contribution >= 4 is 41.3 Å². The Morgan fingerprint density at radius 3 is 2.59 bits per heavy atom. The third kappa shape index (κ3) is 5.85. The Balaban J connectivity index is 0.00000261. The van der Waals surface area contributed by atoms with E-state index < -0.39 is 0 Å². The summed E-state index contributed by atoms with van der Waals surface area (Å²) in [6.45, 7) is 2.78. The fourth-order valence-corrected chi connectivity index (χ4v) is 4.51. The van der Waals surface area contributed by atoms with Crippen molar-refractivity contribution in [3.63, 3.8) is 0 Å². The number of ether oxygens (including phenoxy) is 1. The topological polar surface area (TPSA) is 41.6 Å². The van der Waals surface area contributed by atoms with Crippen LogP contribution in [0, 0.1) is 0 Å². The Bertz CT molecular complexity index is 717. The summed E-state index contributed by atoms with van der Waals surface area (Å²) in [5.74, 6) is 0.468. The number of rotatable bonds is 6. The third-order valence-electron chi connectivity index (χ3n) is 4.82. The van der Waals surface area contributed by atoms with Gasteiger partial charge in [0.05, 0.1) is 18.2 Å². The summed E-state index contributed by atoms with van der Waals surface area (Å²) in [6, 6.07) is 9.59. The molecule has 1 N–H and O–H groups in total. The van der Waals surface area contributed by atoms with Gasteiger partial charge in [-0.05, 0) is 55.6 Å². The minimum absolute atomic E-state index is 0. The minimum atomic E-state index is -0.106. The van der Waals surface area contributed by atoms with E-state index in [1.807, 2.05) is 0 Å². The molecule has 1 atom stereocenters. The van der Waals surface area contributed by atoms with E-state index in [1.54, 1.807) is 36.6 Å². The van der Waals surface area contributed by atoms with E-state index in [-0.39, 0.29) is 24.4 Å². The normalized spacial score (nSPS) is 16.1. The molecular formula is C20H26Cl2N2O2S. The van der Waals surface area contributed by atoms with Crippen LogP contribution >= 0.6 is 35.3 Å². The van der Waals surface area contributed by atoms with Gasteiger partial charge in [-0.3, -0.25) is 9.69 Å². The van der Waals surface area contributed by atoms with Gasteiger partial charge in [0.1, 0.15) is 5.75 Å². The van der Waals surface area contributed by atoms with Crippen molar-refractivity contribution in [2.75, 3.05) is 26.7 Å². The van der Waals surface area contributed by atoms with Gasteiger partial charge in [0.25, 0.3) is 5.91 Å². The van der Waals surface area contributed by atoms with E-state index in [4.69, 9.17) is 16.3 Å². The summed E-state index contributed by atoms with van der Waals surface area (Å²) in [4.78, 5) is 16.4. The Hall–Kier alpha value is -1.27. The lowest BCUT2D eigenvalue weighted by Crippen LogP contribution is -2.38. The molecule has 0 bridgehead atoms. The van der Waals surface area contributed by atoms with Gasteiger partial charge in [-0.15, -0.1) is 23.7 Å². The van der Waals surface area contributed by atoms with E-state index in [0.29, 0.717) is 22.9 Å². The monoisotopic (exact) mass is 428 g/mol. The van der Waals surface area contributed by atoms with Gasteiger partial charge in [0.15, 0.2) is 0 Å². The lowest BCUT2D eigenvalue weighted by molar-refractivity contribution is 0.0934. The second kappa shape index (κ2) is 10.9. The quantitative estimate of drug-likeness (QED) is 0.688. The Morgan fingerprint density at radius 2 is 2.00 bits per heavy atom. The average molecular weight is 429 g/mol. The molecule has 7 heteroatoms. The largest absolute Gasteiger partial charge is 0.495 e. The van der Waals surface area contributed by atoms with Crippen LogP contribution in [-0.4, -0.2) is 37.6 Å². The zero-order chi connectivity index (χ0) is 18.4. The molecule has 2 heterocycles. The zero-order valence-corrected chi connectivity index (χ0v) is 17.8. The number of carbonyl (C=O) groups is 1. The number of methoxy groups -OCH3 is 1. The summed E-state index contributed by atoms with van der Waals surface area (Å²) < 4.78 is 5.15. The van der Waals surface area contributed by atoms with Gasteiger partial charge in [-0.2, -0.15) is 0 Å². The number of thiophene rings is 1. The Labute approximate surface area is 176 Å². The first kappa shape index (κ1) is 22.0. The standard InChI is InChI=1S/C20H25ClN2O2S.ClH/c1-25-18-9-8-15(13-16(18)21)20(24)22-14-17(19-7-6-12-26-19)23-10-4-2-3-5-11-23;/h6-9,12-13,17H,2-5,10-11,14H2,1H3,(H,22,24);1H. The third-order valence-corrected chi connectivity index (χ3v) is 6.09. The van der Waals surface area contributed by atoms with Crippen molar-refractivity contribution in [2.24, 2.45) is 0 Å². The Kier molecular flexibility index (Phi) is 8.90. The SMILES string of the molecule is COc1ccc(C(=O)NCC(c2cccs2)N2CCCCCC2)cc1Cl.Cl. The minimum Gasteiger partial charge on any atom is -0.495 e. The predicted molar refractivity (Wildman–Crippen MR) is 115 cm³/mol. The highest BCUT2D eigenvalue weighted by molar-refractivity contribution is 7.10. The second-order valence-corrected chi connectivity index (χ2v) is 7.93. The first-order chi connectivity index (χ1) is 12.7. The first-order valence-corrected chi connectivity index (χ1v) is 10.3. The van der Waals surface area contributed by atoms with Crippen LogP contribution in [-0.2, 0) is 0 Å². The van der Waals surface area contributed by atoms with E-state index in [2.05, 4.69) is 27.7 Å². The summed E-state index contributed by atoms with van der Waals surface area (Å²) in [6.07, 6.45) is 5.04. The van der Waals surface area contributed by atoms with E-state index in [0.717, 1.165) is 13.1 Å². The van der Waals surface area contributed by atoms with Gasteiger partial charge in [-0.25, -0.2) is 0 Å². The van der Waals surface area contributed by atoms with E-state index >= 15 is 0 Å². The van der Waals surface area contributed by atoms with Crippen LogP contribution in [0.1, 0.15) is 47.0 Å². The number of nitrogens with zero attached hydrogens (tertiary/aromatic N) is 1. The maximum atomic E-state index is 12.6. The molecule has 1 saturated heterocycles. The maximum absolute atomic E-state index is 12.6. The first-order valence-electron chi connectivity index (χ1n) is 9.08. The van der Waals surface area contributed by atoms with Crippen molar-refractivity contribution < 1.29 is 9.53 Å². The molecule has 148 valence electrons. The van der Waals surface area contributed by atoms with Crippen molar-refractivity contribution in [3.05, 3.63) is 51.2 Å². The van der Waals surface area contributed by atoms with Gasteiger partial charge >= 0.3 is 0 Å². The van der Waals surface area contributed by atoms with Crippen molar-refractivity contribution in [1.29, 1.82) is 0 Å². The number of hydrogen-bond donors (Lipinski definition) is 1. The van der Waals surface area contributed by atoms with Crippen LogP contribution in [0.25, 0.3) is 0 Å². The van der Waals surface area contributed by atoms with Crippen LogP contribution in [0.15, 0.2) is 35.7 Å². The molecule has 0 saturated carbocycles. The van der Waals surface area contributed by atoms with Crippen LogP contribution in [0.4, 0.5) is 0 Å². The molecule has 1 aliphatic rings. The summed E-state index contributed by atoms with van der Waals surface area (Å²) in [7, 11) is 1.56. The number of halogens is 2. The lowest BCUT2D eigenvalue weighted by Gasteiger charge is -2.30. The fourth-order valence-electron chi connectivity index (χ4n) is 3.40. The van der Waals surface area contributed by atoms with Crippen molar-refractivity contribution in [2.45, 2.75) is 31.7 Å². The second-order valence-electron chi connectivity index (χ2n) is 6.54. The molecule has 0 spiro atoms. The molecule has 1 unspecified atom stereocenters. The lowest BCUT2D eigenvalue weighted by atomic mass is 10.1. The molecule has 0 aliphatic carbocycles. The molecule has 1 fully saturated rings. The van der Waals surface area contributed by atoms with Crippen LogP contribution in [0.2, 0.25) is 5.02 Å².